The third kappa shape index (κ3) is 3.26. The monoisotopic (exact) mass is 311 g/mol. The molecule has 122 valence electrons. The van der Waals surface area contributed by atoms with Gasteiger partial charge in [0.05, 0.1) is 23.0 Å². The van der Waals surface area contributed by atoms with Crippen LogP contribution in [0.5, 0.6) is 0 Å². The van der Waals surface area contributed by atoms with Crippen molar-refractivity contribution in [3.8, 4) is 6.07 Å². The largest absolute Gasteiger partial charge is 0.386 e. The number of benzene rings is 1. The molecule has 0 amide bonds. The first-order chi connectivity index (χ1) is 11.1. The summed E-state index contributed by atoms with van der Waals surface area (Å²) in [6, 6.07) is 8.77. The minimum Gasteiger partial charge on any atom is -0.386 e. The number of rotatable bonds is 4. The number of nitrogens with one attached hydrogen (secondary N) is 1. The summed E-state index contributed by atoms with van der Waals surface area (Å²) in [5, 5.41) is 19.3. The van der Waals surface area contributed by atoms with Gasteiger partial charge in [-0.1, -0.05) is 12.8 Å². The Morgan fingerprint density at radius 1 is 1.35 bits per heavy atom. The van der Waals surface area contributed by atoms with Crippen LogP contribution in [0.15, 0.2) is 23.3 Å². The van der Waals surface area contributed by atoms with Gasteiger partial charge in [0, 0.05) is 12.5 Å². The van der Waals surface area contributed by atoms with Gasteiger partial charge in [-0.3, -0.25) is 5.01 Å². The Balaban J connectivity index is 1.91. The Kier molecular flexibility index (Phi) is 4.42. The topological polar surface area (TPSA) is 77.4 Å². The normalized spacial score (nSPS) is 21.6. The molecule has 3 rings (SSSR count). The van der Waals surface area contributed by atoms with E-state index in [1.165, 1.54) is 25.7 Å². The van der Waals surface area contributed by atoms with E-state index in [4.69, 9.17) is 5.73 Å². The highest BCUT2D eigenvalue weighted by Crippen LogP contribution is 2.37. The first-order valence-electron chi connectivity index (χ1n) is 8.51. The zero-order valence-corrected chi connectivity index (χ0v) is 13.9. The van der Waals surface area contributed by atoms with Crippen LogP contribution in [0.4, 0.5) is 11.4 Å². The second-order valence-corrected chi connectivity index (χ2v) is 6.89. The molecule has 2 aliphatic rings. The van der Waals surface area contributed by atoms with Crippen molar-refractivity contribution in [2.45, 2.75) is 58.0 Å². The Morgan fingerprint density at radius 2 is 2.09 bits per heavy atom. The quantitative estimate of drug-likeness (QED) is 0.893. The van der Waals surface area contributed by atoms with Crippen LogP contribution in [0.3, 0.4) is 0 Å². The molecule has 1 unspecified atom stereocenters. The molecule has 3 N–H and O–H groups in total. The van der Waals surface area contributed by atoms with Gasteiger partial charge in [-0.15, -0.1) is 0 Å². The maximum Gasteiger partial charge on any atom is 0.122 e. The van der Waals surface area contributed by atoms with Crippen molar-refractivity contribution in [2.75, 3.05) is 10.3 Å². The molecule has 1 aromatic rings. The molecule has 0 radical (unpaired) electrons. The standard InChI is InChI=1S/C18H25N5/c1-12(2)21-16-9-15(8-7-14(16)11-19)23-17(10-18(20)22-23)13-5-3-4-6-13/h7-9,12-13,17,21H,3-6,10H2,1-2H3,(H2,20,22). The van der Waals surface area contributed by atoms with Crippen LogP contribution in [0.2, 0.25) is 0 Å². The molecule has 1 aromatic carbocycles. The highest BCUT2D eigenvalue weighted by molar-refractivity contribution is 5.85. The summed E-state index contributed by atoms with van der Waals surface area (Å²) < 4.78 is 0. The Bertz CT molecular complexity index is 637. The molecule has 1 fully saturated rings. The van der Waals surface area contributed by atoms with Crippen molar-refractivity contribution >= 4 is 17.2 Å². The maximum absolute atomic E-state index is 9.30. The molecule has 1 aliphatic heterocycles. The summed E-state index contributed by atoms with van der Waals surface area (Å²) >= 11 is 0. The molecule has 1 aliphatic carbocycles. The van der Waals surface area contributed by atoms with E-state index in [1.54, 1.807) is 0 Å². The smallest absolute Gasteiger partial charge is 0.122 e. The van der Waals surface area contributed by atoms with Crippen LogP contribution in [-0.2, 0) is 0 Å². The van der Waals surface area contributed by atoms with Gasteiger partial charge in [-0.25, -0.2) is 0 Å². The van der Waals surface area contributed by atoms with Crippen molar-refractivity contribution in [1.29, 1.82) is 5.26 Å². The molecule has 5 nitrogen and oxygen atoms in total. The van der Waals surface area contributed by atoms with Crippen LogP contribution in [-0.4, -0.2) is 17.9 Å². The Labute approximate surface area is 138 Å². The summed E-state index contributed by atoms with van der Waals surface area (Å²) in [6.07, 6.45) is 5.98. The second-order valence-electron chi connectivity index (χ2n) is 6.89. The predicted molar refractivity (Wildman–Crippen MR) is 94.4 cm³/mol. The third-order valence-electron chi connectivity index (χ3n) is 4.74. The van der Waals surface area contributed by atoms with Gasteiger partial charge in [-0.05, 0) is 50.8 Å². The van der Waals surface area contributed by atoms with Crippen molar-refractivity contribution in [3.05, 3.63) is 23.8 Å². The lowest BCUT2D eigenvalue weighted by Crippen LogP contribution is -2.33. The van der Waals surface area contributed by atoms with E-state index in [1.807, 2.05) is 18.2 Å². The minimum atomic E-state index is 0.273. The fraction of sp³-hybridized carbons (Fsp3) is 0.556. The van der Waals surface area contributed by atoms with Gasteiger partial charge in [0.2, 0.25) is 0 Å². The lowest BCUT2D eigenvalue weighted by atomic mass is 9.95. The van der Waals surface area contributed by atoms with E-state index in [9.17, 15) is 5.26 Å². The number of nitriles is 1. The first kappa shape index (κ1) is 15.7. The van der Waals surface area contributed by atoms with Crippen molar-refractivity contribution in [1.82, 2.24) is 0 Å². The molecule has 5 heteroatoms. The van der Waals surface area contributed by atoms with Crippen LogP contribution < -0.4 is 16.1 Å². The maximum atomic E-state index is 9.30. The molecule has 0 spiro atoms. The second kappa shape index (κ2) is 6.49. The van der Waals surface area contributed by atoms with Crippen molar-refractivity contribution in [3.63, 3.8) is 0 Å². The van der Waals surface area contributed by atoms with Crippen molar-refractivity contribution < 1.29 is 0 Å². The van der Waals surface area contributed by atoms with Gasteiger partial charge in [0.25, 0.3) is 0 Å². The first-order valence-corrected chi connectivity index (χ1v) is 8.51. The van der Waals surface area contributed by atoms with E-state index >= 15 is 0 Å². The van der Waals surface area contributed by atoms with Crippen molar-refractivity contribution in [2.24, 2.45) is 16.8 Å². The number of nitrogens with zero attached hydrogens (tertiary/aromatic N) is 3. The lowest BCUT2D eigenvalue weighted by molar-refractivity contribution is 0.430. The van der Waals surface area contributed by atoms with Gasteiger partial charge in [-0.2, -0.15) is 10.4 Å². The lowest BCUT2D eigenvalue weighted by Gasteiger charge is -2.29. The molecule has 0 bridgehead atoms. The number of anilines is 2. The zero-order chi connectivity index (χ0) is 16.4. The number of nitrogens with two attached hydrogens (primary N) is 1. The highest BCUT2D eigenvalue weighted by atomic mass is 15.5. The van der Waals surface area contributed by atoms with Gasteiger partial charge < -0.3 is 11.1 Å². The predicted octanol–water partition coefficient (Wildman–Crippen LogP) is 3.42. The number of amidine groups is 1. The summed E-state index contributed by atoms with van der Waals surface area (Å²) in [6.45, 7) is 4.14. The minimum absolute atomic E-state index is 0.273. The van der Waals surface area contributed by atoms with Gasteiger partial charge >= 0.3 is 0 Å². The Morgan fingerprint density at radius 3 is 2.74 bits per heavy atom. The Hall–Kier alpha value is -2.22. The molecule has 23 heavy (non-hydrogen) atoms. The summed E-state index contributed by atoms with van der Waals surface area (Å²) in [5.74, 6) is 1.38. The van der Waals surface area contributed by atoms with E-state index in [-0.39, 0.29) is 6.04 Å². The highest BCUT2D eigenvalue weighted by Gasteiger charge is 2.35. The van der Waals surface area contributed by atoms with Crippen LogP contribution in [0.1, 0.15) is 51.5 Å². The van der Waals surface area contributed by atoms with E-state index in [0.717, 1.165) is 17.8 Å². The summed E-state index contributed by atoms with van der Waals surface area (Å²) in [4.78, 5) is 0. The molecule has 1 saturated carbocycles. The van der Waals surface area contributed by atoms with Gasteiger partial charge in [0.15, 0.2) is 0 Å². The number of hydrazone groups is 1. The fourth-order valence-corrected chi connectivity index (χ4v) is 3.71. The van der Waals surface area contributed by atoms with E-state index in [0.29, 0.717) is 23.4 Å². The fourth-order valence-electron chi connectivity index (χ4n) is 3.71. The van der Waals surface area contributed by atoms with E-state index < -0.39 is 0 Å². The zero-order valence-electron chi connectivity index (χ0n) is 13.9. The molecular weight excluding hydrogens is 286 g/mol. The summed E-state index contributed by atoms with van der Waals surface area (Å²) in [7, 11) is 0. The van der Waals surface area contributed by atoms with Crippen LogP contribution in [0.25, 0.3) is 0 Å². The molecular formula is C18H25N5. The van der Waals surface area contributed by atoms with E-state index in [2.05, 4.69) is 35.3 Å². The van der Waals surface area contributed by atoms with Crippen LogP contribution in [0, 0.1) is 17.2 Å². The number of hydrogen-bond acceptors (Lipinski definition) is 5. The van der Waals surface area contributed by atoms with Crippen LogP contribution >= 0.6 is 0 Å². The summed E-state index contributed by atoms with van der Waals surface area (Å²) in [5.41, 5.74) is 8.58. The molecule has 0 saturated heterocycles. The average Bonchev–Trinajstić information content (AvgIpc) is 3.15. The number of hydrogen-bond donors (Lipinski definition) is 2. The average molecular weight is 311 g/mol. The third-order valence-corrected chi connectivity index (χ3v) is 4.74. The molecule has 0 aromatic heterocycles. The molecule has 1 heterocycles. The van der Waals surface area contributed by atoms with Gasteiger partial charge in [0.1, 0.15) is 11.9 Å². The SMILES string of the molecule is CC(C)Nc1cc(N2N=C(N)CC2C2CCCC2)ccc1C#N. The molecule has 1 atom stereocenters.